The Bertz CT molecular complexity index is 980. The Morgan fingerprint density at radius 1 is 1.25 bits per heavy atom. The molecule has 150 valence electrons. The first-order valence-corrected chi connectivity index (χ1v) is 10.9. The molecular formula is C19H21ClN2O5S. The van der Waals surface area contributed by atoms with Gasteiger partial charge in [-0.05, 0) is 36.8 Å². The standard InChI is InChI=1S/C19H21ClN2O5S/c1-13-7-8-14(9-16(13)20)22(28(2,24)25)11-19(23)21-10-15-12-26-17-5-3-4-6-18(17)27-15/h3-9,15H,10-12H2,1-2H3,(H,21,23). The van der Waals surface area contributed by atoms with Gasteiger partial charge < -0.3 is 14.8 Å². The van der Waals surface area contributed by atoms with Crippen LogP contribution in [-0.2, 0) is 14.8 Å². The number of sulfonamides is 1. The number of carbonyl (C=O) groups excluding carboxylic acids is 1. The first-order valence-electron chi connectivity index (χ1n) is 8.63. The molecule has 2 aromatic rings. The molecule has 1 atom stereocenters. The molecule has 0 radical (unpaired) electrons. The summed E-state index contributed by atoms with van der Waals surface area (Å²) in [6.45, 7) is 1.94. The second-order valence-electron chi connectivity index (χ2n) is 6.50. The molecule has 0 spiro atoms. The Hall–Kier alpha value is -2.45. The highest BCUT2D eigenvalue weighted by atomic mass is 35.5. The number of aryl methyl sites for hydroxylation is 1. The van der Waals surface area contributed by atoms with E-state index >= 15 is 0 Å². The lowest BCUT2D eigenvalue weighted by atomic mass is 10.2. The van der Waals surface area contributed by atoms with Crippen molar-refractivity contribution in [2.24, 2.45) is 0 Å². The van der Waals surface area contributed by atoms with Crippen LogP contribution in [0.15, 0.2) is 42.5 Å². The molecule has 9 heteroatoms. The van der Waals surface area contributed by atoms with Gasteiger partial charge in [0, 0.05) is 5.02 Å². The minimum atomic E-state index is -3.67. The second kappa shape index (κ2) is 8.28. The molecule has 1 aliphatic heterocycles. The highest BCUT2D eigenvalue weighted by Gasteiger charge is 2.24. The molecule has 0 bridgehead atoms. The highest BCUT2D eigenvalue weighted by Crippen LogP contribution is 2.30. The van der Waals surface area contributed by atoms with E-state index in [2.05, 4.69) is 5.32 Å². The minimum absolute atomic E-state index is 0.194. The van der Waals surface area contributed by atoms with E-state index in [1.807, 2.05) is 19.1 Å². The van der Waals surface area contributed by atoms with Gasteiger partial charge in [-0.1, -0.05) is 29.8 Å². The Morgan fingerprint density at radius 2 is 1.96 bits per heavy atom. The summed E-state index contributed by atoms with van der Waals surface area (Å²) in [6.07, 6.45) is 0.683. The van der Waals surface area contributed by atoms with Crippen molar-refractivity contribution in [3.8, 4) is 11.5 Å². The number of para-hydroxylation sites is 2. The number of amides is 1. The quantitative estimate of drug-likeness (QED) is 0.769. The second-order valence-corrected chi connectivity index (χ2v) is 8.82. The zero-order valence-corrected chi connectivity index (χ0v) is 17.1. The number of benzene rings is 2. The van der Waals surface area contributed by atoms with E-state index in [9.17, 15) is 13.2 Å². The van der Waals surface area contributed by atoms with Crippen molar-refractivity contribution in [1.29, 1.82) is 0 Å². The molecule has 1 heterocycles. The maximum absolute atomic E-state index is 12.4. The van der Waals surface area contributed by atoms with Crippen molar-refractivity contribution in [2.45, 2.75) is 13.0 Å². The van der Waals surface area contributed by atoms with Gasteiger partial charge in [0.15, 0.2) is 11.5 Å². The van der Waals surface area contributed by atoms with Gasteiger partial charge in [-0.15, -0.1) is 0 Å². The number of nitrogens with zero attached hydrogens (tertiary/aromatic N) is 1. The summed E-state index contributed by atoms with van der Waals surface area (Å²) in [6, 6.07) is 12.1. The van der Waals surface area contributed by atoms with Crippen LogP contribution < -0.4 is 19.1 Å². The van der Waals surface area contributed by atoms with E-state index in [0.717, 1.165) is 16.1 Å². The average molecular weight is 425 g/mol. The van der Waals surface area contributed by atoms with Crippen molar-refractivity contribution >= 4 is 33.2 Å². The predicted molar refractivity (Wildman–Crippen MR) is 108 cm³/mol. The summed E-state index contributed by atoms with van der Waals surface area (Å²) in [4.78, 5) is 12.4. The maximum Gasteiger partial charge on any atom is 0.240 e. The Kier molecular flexibility index (Phi) is 6.00. The highest BCUT2D eigenvalue weighted by molar-refractivity contribution is 7.92. The number of fused-ring (bicyclic) bond motifs is 1. The van der Waals surface area contributed by atoms with Crippen LogP contribution in [0.25, 0.3) is 0 Å². The van der Waals surface area contributed by atoms with E-state index < -0.39 is 15.9 Å². The van der Waals surface area contributed by atoms with Crippen molar-refractivity contribution in [3.63, 3.8) is 0 Å². The molecule has 1 N–H and O–H groups in total. The third-order valence-electron chi connectivity index (χ3n) is 4.23. The zero-order valence-electron chi connectivity index (χ0n) is 15.5. The van der Waals surface area contributed by atoms with Crippen molar-refractivity contribution in [3.05, 3.63) is 53.1 Å². The van der Waals surface area contributed by atoms with Crippen molar-refractivity contribution in [2.75, 3.05) is 30.3 Å². The fraction of sp³-hybridized carbons (Fsp3) is 0.316. The lowest BCUT2D eigenvalue weighted by Gasteiger charge is -2.27. The molecule has 1 amide bonds. The van der Waals surface area contributed by atoms with Gasteiger partial charge in [0.1, 0.15) is 19.3 Å². The normalized spacial score (nSPS) is 15.8. The first kappa shape index (κ1) is 20.3. The molecule has 0 saturated carbocycles. The molecule has 0 fully saturated rings. The summed E-state index contributed by atoms with van der Waals surface area (Å²) < 4.78 is 36.7. The summed E-state index contributed by atoms with van der Waals surface area (Å²) in [7, 11) is -3.67. The fourth-order valence-electron chi connectivity index (χ4n) is 2.71. The van der Waals surface area contributed by atoms with E-state index in [-0.39, 0.29) is 19.2 Å². The van der Waals surface area contributed by atoms with Gasteiger partial charge in [-0.2, -0.15) is 0 Å². The van der Waals surface area contributed by atoms with Gasteiger partial charge in [0.25, 0.3) is 0 Å². The van der Waals surface area contributed by atoms with Crippen LogP contribution in [0, 0.1) is 6.92 Å². The lowest BCUT2D eigenvalue weighted by molar-refractivity contribution is -0.120. The van der Waals surface area contributed by atoms with Crippen LogP contribution in [0.4, 0.5) is 5.69 Å². The minimum Gasteiger partial charge on any atom is -0.486 e. The number of hydrogen-bond acceptors (Lipinski definition) is 5. The Balaban J connectivity index is 1.62. The van der Waals surface area contributed by atoms with Crippen molar-refractivity contribution in [1.82, 2.24) is 5.32 Å². The number of anilines is 1. The summed E-state index contributed by atoms with van der Waals surface area (Å²) in [5.74, 6) is 0.814. The Morgan fingerprint density at radius 3 is 2.64 bits per heavy atom. The molecule has 2 aromatic carbocycles. The lowest BCUT2D eigenvalue weighted by Crippen LogP contribution is -2.45. The van der Waals surface area contributed by atoms with Gasteiger partial charge in [-0.3, -0.25) is 9.10 Å². The monoisotopic (exact) mass is 424 g/mol. The molecule has 0 aliphatic carbocycles. The van der Waals surface area contributed by atoms with E-state index in [1.165, 1.54) is 6.07 Å². The number of rotatable bonds is 6. The first-order chi connectivity index (χ1) is 13.2. The van der Waals surface area contributed by atoms with E-state index in [0.29, 0.717) is 28.8 Å². The van der Waals surface area contributed by atoms with Crippen LogP contribution >= 0.6 is 11.6 Å². The third kappa shape index (κ3) is 4.88. The summed E-state index contributed by atoms with van der Waals surface area (Å²) in [5, 5.41) is 3.13. The van der Waals surface area contributed by atoms with Gasteiger partial charge in [0.2, 0.25) is 15.9 Å². The van der Waals surface area contributed by atoms with Gasteiger partial charge >= 0.3 is 0 Å². The average Bonchev–Trinajstić information content (AvgIpc) is 2.65. The molecular weight excluding hydrogens is 404 g/mol. The third-order valence-corrected chi connectivity index (χ3v) is 5.77. The van der Waals surface area contributed by atoms with Crippen LogP contribution in [-0.4, -0.2) is 46.4 Å². The maximum atomic E-state index is 12.4. The van der Waals surface area contributed by atoms with Gasteiger partial charge in [0.05, 0.1) is 18.5 Å². The summed E-state index contributed by atoms with van der Waals surface area (Å²) >= 11 is 6.10. The van der Waals surface area contributed by atoms with E-state index in [1.54, 1.807) is 24.3 Å². The molecule has 0 saturated heterocycles. The number of hydrogen-bond donors (Lipinski definition) is 1. The molecule has 28 heavy (non-hydrogen) atoms. The van der Waals surface area contributed by atoms with Crippen molar-refractivity contribution < 1.29 is 22.7 Å². The van der Waals surface area contributed by atoms with Crippen LogP contribution in [0.1, 0.15) is 5.56 Å². The molecule has 1 unspecified atom stereocenters. The number of halogens is 1. The number of ether oxygens (including phenoxy) is 2. The van der Waals surface area contributed by atoms with Crippen LogP contribution in [0.2, 0.25) is 5.02 Å². The Labute approximate surface area is 169 Å². The molecule has 1 aliphatic rings. The smallest absolute Gasteiger partial charge is 0.240 e. The van der Waals surface area contributed by atoms with Gasteiger partial charge in [-0.25, -0.2) is 8.42 Å². The SMILES string of the molecule is Cc1ccc(N(CC(=O)NCC2COc3ccccc3O2)S(C)(=O)=O)cc1Cl. The number of nitrogens with one attached hydrogen (secondary N) is 1. The topological polar surface area (TPSA) is 84.9 Å². The van der Waals surface area contributed by atoms with Crippen LogP contribution in [0.3, 0.4) is 0 Å². The zero-order chi connectivity index (χ0) is 20.3. The molecule has 7 nitrogen and oxygen atoms in total. The predicted octanol–water partition coefficient (Wildman–Crippen LogP) is 2.37. The molecule has 0 aromatic heterocycles. The van der Waals surface area contributed by atoms with E-state index in [4.69, 9.17) is 21.1 Å². The molecule has 3 rings (SSSR count). The largest absolute Gasteiger partial charge is 0.486 e. The summed E-state index contributed by atoms with van der Waals surface area (Å²) in [5.41, 5.74) is 1.15. The number of carbonyl (C=O) groups is 1. The van der Waals surface area contributed by atoms with Crippen LogP contribution in [0.5, 0.6) is 11.5 Å². The fourth-order valence-corrected chi connectivity index (χ4v) is 3.74.